The van der Waals surface area contributed by atoms with Gasteiger partial charge in [0.1, 0.15) is 23.0 Å². The molecule has 0 aliphatic carbocycles. The van der Waals surface area contributed by atoms with Gasteiger partial charge in [0.15, 0.2) is 0 Å². The highest BCUT2D eigenvalue weighted by atomic mass is 19.1. The first-order chi connectivity index (χ1) is 12.5. The maximum atomic E-state index is 14.7. The maximum absolute atomic E-state index is 14.7. The summed E-state index contributed by atoms with van der Waals surface area (Å²) in [5.41, 5.74) is 6.93. The molecule has 0 bridgehead atoms. The largest absolute Gasteiger partial charge is 0.366 e. The van der Waals surface area contributed by atoms with Crippen LogP contribution in [-0.4, -0.2) is 22.4 Å². The molecule has 134 valence electrons. The smallest absolute Gasteiger partial charge is 0.251 e. The van der Waals surface area contributed by atoms with Crippen molar-refractivity contribution < 1.29 is 13.6 Å². The second-order valence-corrected chi connectivity index (χ2v) is 6.54. The highest BCUT2D eigenvalue weighted by molar-refractivity contribution is 6.04. The lowest BCUT2D eigenvalue weighted by atomic mass is 9.96. The third kappa shape index (κ3) is 2.94. The van der Waals surface area contributed by atoms with E-state index in [0.29, 0.717) is 5.52 Å². The molecule has 4 N–H and O–H groups in total. The van der Waals surface area contributed by atoms with E-state index in [0.717, 1.165) is 37.4 Å². The average Bonchev–Trinajstić information content (AvgIpc) is 3.04. The van der Waals surface area contributed by atoms with Gasteiger partial charge in [0.05, 0.1) is 16.6 Å². The van der Waals surface area contributed by atoms with Crippen LogP contribution in [0.3, 0.4) is 0 Å². The Morgan fingerprint density at radius 2 is 2.04 bits per heavy atom. The van der Waals surface area contributed by atoms with E-state index in [9.17, 15) is 13.6 Å². The fourth-order valence-electron chi connectivity index (χ4n) is 3.47. The summed E-state index contributed by atoms with van der Waals surface area (Å²) in [6.45, 7) is 0.930. The number of nitrogens with two attached hydrogens (primary N) is 1. The molecule has 1 fully saturated rings. The number of aromatic amines is 1. The van der Waals surface area contributed by atoms with Gasteiger partial charge in [0.25, 0.3) is 5.91 Å². The molecule has 0 saturated carbocycles. The summed E-state index contributed by atoms with van der Waals surface area (Å²) in [6, 6.07) is 7.41. The quantitative estimate of drug-likeness (QED) is 0.672. The van der Waals surface area contributed by atoms with E-state index in [1.165, 1.54) is 12.1 Å². The second kappa shape index (κ2) is 6.49. The Bertz CT molecular complexity index is 993. The third-order valence-electron chi connectivity index (χ3n) is 4.78. The van der Waals surface area contributed by atoms with E-state index >= 15 is 0 Å². The van der Waals surface area contributed by atoms with Gasteiger partial charge >= 0.3 is 0 Å². The lowest BCUT2D eigenvalue weighted by Crippen LogP contribution is -2.26. The standard InChI is InChI=1S/C19H18F2N4O/c20-11-8-13(18(22)26)17-16(9-11)24-19(25-17)12-5-4-10(7-14(12)21)15-3-1-2-6-23-15/h4-5,7-9,15,23H,1-3,6H2,(H2,22,26)(H,24,25). The molecule has 1 aliphatic heterocycles. The summed E-state index contributed by atoms with van der Waals surface area (Å²) in [6.07, 6.45) is 3.23. The Labute approximate surface area is 148 Å². The summed E-state index contributed by atoms with van der Waals surface area (Å²) in [4.78, 5) is 18.7. The number of nitrogens with one attached hydrogen (secondary N) is 2. The molecule has 3 aromatic rings. The summed E-state index contributed by atoms with van der Waals surface area (Å²) >= 11 is 0. The van der Waals surface area contributed by atoms with Crippen molar-refractivity contribution in [2.75, 3.05) is 6.54 Å². The van der Waals surface area contributed by atoms with Crippen LogP contribution in [0.15, 0.2) is 30.3 Å². The number of nitrogens with zero attached hydrogens (tertiary/aromatic N) is 1. The van der Waals surface area contributed by atoms with E-state index in [2.05, 4.69) is 15.3 Å². The molecule has 1 saturated heterocycles. The van der Waals surface area contributed by atoms with Crippen molar-refractivity contribution in [3.05, 3.63) is 53.1 Å². The zero-order valence-corrected chi connectivity index (χ0v) is 14.0. The molecule has 1 amide bonds. The number of primary amides is 1. The van der Waals surface area contributed by atoms with Crippen molar-refractivity contribution in [3.8, 4) is 11.4 Å². The van der Waals surface area contributed by atoms with Crippen LogP contribution < -0.4 is 11.1 Å². The van der Waals surface area contributed by atoms with Gasteiger partial charge in [0, 0.05) is 6.04 Å². The van der Waals surface area contributed by atoms with E-state index in [1.54, 1.807) is 6.07 Å². The van der Waals surface area contributed by atoms with Gasteiger partial charge in [-0.05, 0) is 49.2 Å². The second-order valence-electron chi connectivity index (χ2n) is 6.54. The Balaban J connectivity index is 1.75. The zero-order valence-electron chi connectivity index (χ0n) is 14.0. The highest BCUT2D eigenvalue weighted by Crippen LogP contribution is 2.29. The zero-order chi connectivity index (χ0) is 18.3. The van der Waals surface area contributed by atoms with Gasteiger partial charge in [-0.1, -0.05) is 12.5 Å². The lowest BCUT2D eigenvalue weighted by Gasteiger charge is -2.24. The number of benzene rings is 2. The topological polar surface area (TPSA) is 83.8 Å². The van der Waals surface area contributed by atoms with Gasteiger partial charge in [0.2, 0.25) is 0 Å². The number of aromatic nitrogens is 2. The lowest BCUT2D eigenvalue weighted by molar-refractivity contribution is 0.100. The fourth-order valence-corrected chi connectivity index (χ4v) is 3.47. The first-order valence-corrected chi connectivity index (χ1v) is 8.55. The molecule has 0 radical (unpaired) electrons. The van der Waals surface area contributed by atoms with Crippen molar-refractivity contribution >= 4 is 16.9 Å². The van der Waals surface area contributed by atoms with E-state index in [-0.39, 0.29) is 28.5 Å². The number of halogens is 2. The van der Waals surface area contributed by atoms with Crippen LogP contribution in [-0.2, 0) is 0 Å². The van der Waals surface area contributed by atoms with E-state index < -0.39 is 17.5 Å². The molecule has 26 heavy (non-hydrogen) atoms. The van der Waals surface area contributed by atoms with Crippen molar-refractivity contribution in [1.29, 1.82) is 0 Å². The predicted molar refractivity (Wildman–Crippen MR) is 94.6 cm³/mol. The summed E-state index contributed by atoms with van der Waals surface area (Å²) in [7, 11) is 0. The first kappa shape index (κ1) is 16.7. The Hall–Kier alpha value is -2.80. The number of rotatable bonds is 3. The molecule has 0 spiro atoms. The number of imidazole rings is 1. The molecule has 2 heterocycles. The number of carbonyl (C=O) groups excluding carboxylic acids is 1. The SMILES string of the molecule is NC(=O)c1cc(F)cc2[nH]c(-c3ccc(C4CCCCN4)cc3F)nc12. The molecule has 4 rings (SSSR count). The number of hydrogen-bond acceptors (Lipinski definition) is 3. The molecular formula is C19H18F2N4O. The van der Waals surface area contributed by atoms with Crippen molar-refractivity contribution in [1.82, 2.24) is 15.3 Å². The van der Waals surface area contributed by atoms with Gasteiger partial charge in [-0.2, -0.15) is 0 Å². The maximum Gasteiger partial charge on any atom is 0.251 e. The minimum Gasteiger partial charge on any atom is -0.366 e. The molecule has 1 unspecified atom stereocenters. The Morgan fingerprint density at radius 1 is 1.19 bits per heavy atom. The van der Waals surface area contributed by atoms with Crippen LogP contribution in [0.1, 0.15) is 41.2 Å². The van der Waals surface area contributed by atoms with Crippen LogP contribution in [0.2, 0.25) is 0 Å². The number of H-pyrrole nitrogens is 1. The average molecular weight is 356 g/mol. The van der Waals surface area contributed by atoms with Crippen molar-refractivity contribution in [2.45, 2.75) is 25.3 Å². The molecule has 1 aliphatic rings. The third-order valence-corrected chi connectivity index (χ3v) is 4.78. The minimum atomic E-state index is -0.785. The van der Waals surface area contributed by atoms with Crippen molar-refractivity contribution in [2.24, 2.45) is 5.73 Å². The highest BCUT2D eigenvalue weighted by Gasteiger charge is 2.19. The first-order valence-electron chi connectivity index (χ1n) is 8.55. The fraction of sp³-hybridized carbons (Fsp3) is 0.263. The van der Waals surface area contributed by atoms with Crippen LogP contribution in [0.5, 0.6) is 0 Å². The van der Waals surface area contributed by atoms with Gasteiger partial charge in [-0.3, -0.25) is 4.79 Å². The van der Waals surface area contributed by atoms with Crippen LogP contribution in [0.4, 0.5) is 8.78 Å². The molecule has 7 heteroatoms. The summed E-state index contributed by atoms with van der Waals surface area (Å²) in [5, 5.41) is 3.39. The minimum absolute atomic E-state index is 0.0362. The molecule has 1 atom stereocenters. The molecule has 2 aromatic carbocycles. The number of carbonyl (C=O) groups is 1. The Morgan fingerprint density at radius 3 is 2.73 bits per heavy atom. The number of piperidine rings is 1. The van der Waals surface area contributed by atoms with E-state index in [1.807, 2.05) is 6.07 Å². The molecule has 5 nitrogen and oxygen atoms in total. The number of fused-ring (bicyclic) bond motifs is 1. The number of hydrogen-bond donors (Lipinski definition) is 3. The summed E-state index contributed by atoms with van der Waals surface area (Å²) in [5.74, 6) is -1.59. The van der Waals surface area contributed by atoms with Gasteiger partial charge < -0.3 is 16.0 Å². The number of amides is 1. The molecule has 1 aromatic heterocycles. The Kier molecular flexibility index (Phi) is 4.16. The van der Waals surface area contributed by atoms with E-state index in [4.69, 9.17) is 5.73 Å². The van der Waals surface area contributed by atoms with Crippen LogP contribution >= 0.6 is 0 Å². The van der Waals surface area contributed by atoms with Gasteiger partial charge in [-0.25, -0.2) is 13.8 Å². The van der Waals surface area contributed by atoms with Gasteiger partial charge in [-0.15, -0.1) is 0 Å². The summed E-state index contributed by atoms with van der Waals surface area (Å²) < 4.78 is 28.4. The molecular weight excluding hydrogens is 338 g/mol. The van der Waals surface area contributed by atoms with Crippen LogP contribution in [0.25, 0.3) is 22.4 Å². The normalized spacial score (nSPS) is 17.5. The van der Waals surface area contributed by atoms with Crippen LogP contribution in [0, 0.1) is 11.6 Å². The predicted octanol–water partition coefficient (Wildman–Crippen LogP) is 3.42. The monoisotopic (exact) mass is 356 g/mol. The van der Waals surface area contributed by atoms with Crippen molar-refractivity contribution in [3.63, 3.8) is 0 Å².